The largest absolute Gasteiger partial charge is 0.492 e. The summed E-state index contributed by atoms with van der Waals surface area (Å²) in [4.78, 5) is 0. The maximum atomic E-state index is 5.68. The predicted octanol–water partition coefficient (Wildman–Crippen LogP) is 2.10. The zero-order valence-electron chi connectivity index (χ0n) is 7.08. The first-order chi connectivity index (χ1) is 5.77. The molecule has 0 heterocycles. The molecule has 0 bridgehead atoms. The molecule has 1 aromatic rings. The highest BCUT2D eigenvalue weighted by Crippen LogP contribution is 2.23. The molecule has 0 aromatic heterocycles. The van der Waals surface area contributed by atoms with Gasteiger partial charge in [0.1, 0.15) is 5.75 Å². The predicted molar refractivity (Wildman–Crippen MR) is 54.7 cm³/mol. The van der Waals surface area contributed by atoms with Gasteiger partial charge in [-0.2, -0.15) is 12.6 Å². The van der Waals surface area contributed by atoms with Gasteiger partial charge < -0.3 is 10.5 Å². The normalized spacial score (nSPS) is 9.83. The molecule has 66 valence electrons. The molecule has 0 radical (unpaired) electrons. The fraction of sp³-hybridized carbons (Fsp3) is 0.333. The van der Waals surface area contributed by atoms with Gasteiger partial charge in [-0.05, 0) is 24.6 Å². The van der Waals surface area contributed by atoms with Crippen LogP contribution in [0.3, 0.4) is 0 Å². The van der Waals surface area contributed by atoms with E-state index in [9.17, 15) is 0 Å². The summed E-state index contributed by atoms with van der Waals surface area (Å²) in [6.45, 7) is 2.58. The molecule has 0 saturated carbocycles. The van der Waals surface area contributed by atoms with E-state index in [0.717, 1.165) is 11.3 Å². The Morgan fingerprint density at radius 3 is 2.83 bits per heavy atom. The lowest BCUT2D eigenvalue weighted by atomic mass is 10.2. The van der Waals surface area contributed by atoms with Gasteiger partial charge in [0.05, 0.1) is 12.3 Å². The lowest BCUT2D eigenvalue weighted by Gasteiger charge is -2.07. The van der Waals surface area contributed by atoms with Crippen molar-refractivity contribution >= 4 is 18.3 Å². The van der Waals surface area contributed by atoms with Crippen LogP contribution >= 0.6 is 12.6 Å². The van der Waals surface area contributed by atoms with Crippen LogP contribution in [0.2, 0.25) is 0 Å². The number of anilines is 1. The molecule has 1 aromatic carbocycles. The van der Waals surface area contributed by atoms with E-state index in [2.05, 4.69) is 12.6 Å². The number of ether oxygens (including phenoxy) is 1. The molecule has 12 heavy (non-hydrogen) atoms. The number of thiol groups is 1. The van der Waals surface area contributed by atoms with Gasteiger partial charge in [0, 0.05) is 5.75 Å². The Kier molecular flexibility index (Phi) is 3.29. The molecule has 0 spiro atoms. The molecule has 0 unspecified atom stereocenters. The lowest BCUT2D eigenvalue weighted by Crippen LogP contribution is -1.97. The van der Waals surface area contributed by atoms with Crippen LogP contribution in [-0.4, -0.2) is 6.61 Å². The van der Waals surface area contributed by atoms with E-state index in [4.69, 9.17) is 10.5 Å². The second-order valence-corrected chi connectivity index (χ2v) is 2.78. The van der Waals surface area contributed by atoms with Crippen molar-refractivity contribution in [2.45, 2.75) is 12.7 Å². The zero-order valence-corrected chi connectivity index (χ0v) is 7.97. The first-order valence-electron chi connectivity index (χ1n) is 3.90. The Hall–Kier alpha value is -0.830. The molecule has 2 N–H and O–H groups in total. The minimum atomic E-state index is 0.639. The van der Waals surface area contributed by atoms with Crippen LogP contribution in [0.4, 0.5) is 5.69 Å². The summed E-state index contributed by atoms with van der Waals surface area (Å²) in [5, 5.41) is 0. The van der Waals surface area contributed by atoms with Gasteiger partial charge in [0.25, 0.3) is 0 Å². The number of nitrogens with two attached hydrogens (primary N) is 1. The van der Waals surface area contributed by atoms with Crippen LogP contribution in [0.25, 0.3) is 0 Å². The van der Waals surface area contributed by atoms with Crippen molar-refractivity contribution in [1.29, 1.82) is 0 Å². The van der Waals surface area contributed by atoms with Crippen LogP contribution < -0.4 is 10.5 Å². The van der Waals surface area contributed by atoms with Gasteiger partial charge in [-0.3, -0.25) is 0 Å². The molecule has 1 rings (SSSR count). The van der Waals surface area contributed by atoms with Gasteiger partial charge >= 0.3 is 0 Å². The average molecular weight is 183 g/mol. The Morgan fingerprint density at radius 1 is 1.50 bits per heavy atom. The summed E-state index contributed by atoms with van der Waals surface area (Å²) in [5.41, 5.74) is 7.48. The van der Waals surface area contributed by atoms with Crippen LogP contribution in [0.1, 0.15) is 12.5 Å². The minimum absolute atomic E-state index is 0.639. The van der Waals surface area contributed by atoms with Crippen LogP contribution in [0, 0.1) is 0 Å². The summed E-state index contributed by atoms with van der Waals surface area (Å²) in [5.74, 6) is 1.46. The average Bonchev–Trinajstić information content (AvgIpc) is 2.09. The number of benzene rings is 1. The molecular weight excluding hydrogens is 170 g/mol. The highest BCUT2D eigenvalue weighted by atomic mass is 32.1. The maximum Gasteiger partial charge on any atom is 0.142 e. The summed E-state index contributed by atoms with van der Waals surface area (Å²) >= 11 is 4.16. The zero-order chi connectivity index (χ0) is 8.97. The van der Waals surface area contributed by atoms with E-state index >= 15 is 0 Å². The molecule has 0 aliphatic carbocycles. The van der Waals surface area contributed by atoms with Gasteiger partial charge in [0.2, 0.25) is 0 Å². The minimum Gasteiger partial charge on any atom is -0.492 e. The van der Waals surface area contributed by atoms with Crippen molar-refractivity contribution in [3.8, 4) is 5.75 Å². The SMILES string of the molecule is CCOc1cc(CS)ccc1N. The third-order valence-electron chi connectivity index (χ3n) is 1.56. The fourth-order valence-corrected chi connectivity index (χ4v) is 1.15. The van der Waals surface area contributed by atoms with E-state index < -0.39 is 0 Å². The lowest BCUT2D eigenvalue weighted by molar-refractivity contribution is 0.342. The third-order valence-corrected chi connectivity index (χ3v) is 1.93. The van der Waals surface area contributed by atoms with E-state index in [1.165, 1.54) is 0 Å². The molecule has 3 heteroatoms. The Bertz CT molecular complexity index is 263. The quantitative estimate of drug-likeness (QED) is 0.556. The summed E-state index contributed by atoms with van der Waals surface area (Å²) in [7, 11) is 0. The standard InChI is InChI=1S/C9H13NOS/c1-2-11-9-5-7(6-12)3-4-8(9)10/h3-5,12H,2,6,10H2,1H3. The molecular formula is C9H13NOS. The smallest absolute Gasteiger partial charge is 0.142 e. The first-order valence-corrected chi connectivity index (χ1v) is 4.53. The Balaban J connectivity index is 2.91. The van der Waals surface area contributed by atoms with E-state index in [-0.39, 0.29) is 0 Å². The number of rotatable bonds is 3. The van der Waals surface area contributed by atoms with Crippen molar-refractivity contribution in [3.63, 3.8) is 0 Å². The first kappa shape index (κ1) is 9.26. The second kappa shape index (κ2) is 4.26. The third kappa shape index (κ3) is 2.08. The summed E-state index contributed by atoms with van der Waals surface area (Å²) in [6, 6.07) is 5.72. The van der Waals surface area contributed by atoms with E-state index in [1.807, 2.05) is 25.1 Å². The van der Waals surface area contributed by atoms with Crippen molar-refractivity contribution in [1.82, 2.24) is 0 Å². The molecule has 0 fully saturated rings. The Morgan fingerprint density at radius 2 is 2.25 bits per heavy atom. The number of hydrogen-bond acceptors (Lipinski definition) is 3. The van der Waals surface area contributed by atoms with Crippen molar-refractivity contribution < 1.29 is 4.74 Å². The molecule has 0 atom stereocenters. The summed E-state index contributed by atoms with van der Waals surface area (Å²) in [6.07, 6.45) is 0. The summed E-state index contributed by atoms with van der Waals surface area (Å²) < 4.78 is 5.32. The monoisotopic (exact) mass is 183 g/mol. The van der Waals surface area contributed by atoms with Crippen LogP contribution in [-0.2, 0) is 5.75 Å². The molecule has 0 aliphatic heterocycles. The number of hydrogen-bond donors (Lipinski definition) is 2. The maximum absolute atomic E-state index is 5.68. The van der Waals surface area contributed by atoms with Crippen molar-refractivity contribution in [2.24, 2.45) is 0 Å². The van der Waals surface area contributed by atoms with Gasteiger partial charge in [-0.15, -0.1) is 0 Å². The van der Waals surface area contributed by atoms with Crippen LogP contribution in [0.15, 0.2) is 18.2 Å². The van der Waals surface area contributed by atoms with Crippen molar-refractivity contribution in [3.05, 3.63) is 23.8 Å². The van der Waals surface area contributed by atoms with E-state index in [1.54, 1.807) is 0 Å². The van der Waals surface area contributed by atoms with Gasteiger partial charge in [-0.1, -0.05) is 6.07 Å². The van der Waals surface area contributed by atoms with Crippen molar-refractivity contribution in [2.75, 3.05) is 12.3 Å². The van der Waals surface area contributed by atoms with Crippen LogP contribution in [0.5, 0.6) is 5.75 Å². The highest BCUT2D eigenvalue weighted by Gasteiger charge is 1.99. The Labute approximate surface area is 78.1 Å². The topological polar surface area (TPSA) is 35.2 Å². The molecule has 0 aliphatic rings. The van der Waals surface area contributed by atoms with Gasteiger partial charge in [-0.25, -0.2) is 0 Å². The fourth-order valence-electron chi connectivity index (χ4n) is 0.958. The van der Waals surface area contributed by atoms with Gasteiger partial charge in [0.15, 0.2) is 0 Å². The van der Waals surface area contributed by atoms with E-state index in [0.29, 0.717) is 18.0 Å². The molecule has 0 saturated heterocycles. The molecule has 0 amide bonds. The second-order valence-electron chi connectivity index (χ2n) is 2.46. The number of nitrogen functional groups attached to an aromatic ring is 1. The molecule has 2 nitrogen and oxygen atoms in total. The highest BCUT2D eigenvalue weighted by molar-refractivity contribution is 7.79.